The summed E-state index contributed by atoms with van der Waals surface area (Å²) in [6.07, 6.45) is 3.79. The smallest absolute Gasteiger partial charge is 0.258 e. The molecule has 0 unspecified atom stereocenters. The van der Waals surface area contributed by atoms with E-state index in [9.17, 15) is 9.59 Å². The number of allylic oxidation sites excluding steroid dienone is 1. The van der Waals surface area contributed by atoms with Crippen LogP contribution in [0.5, 0.6) is 0 Å². The van der Waals surface area contributed by atoms with Gasteiger partial charge in [-0.15, -0.1) is 6.58 Å². The molecule has 0 spiro atoms. The molecule has 80 valence electrons. The van der Waals surface area contributed by atoms with Gasteiger partial charge in [-0.05, 0) is 17.5 Å². The molecule has 0 saturated carbocycles. The Labute approximate surface area is 93.5 Å². The van der Waals surface area contributed by atoms with Gasteiger partial charge in [0.2, 0.25) is 0 Å². The van der Waals surface area contributed by atoms with Crippen LogP contribution in [0.4, 0.5) is 0 Å². The van der Waals surface area contributed by atoms with Crippen molar-refractivity contribution in [1.29, 1.82) is 0 Å². The van der Waals surface area contributed by atoms with E-state index >= 15 is 0 Å². The van der Waals surface area contributed by atoms with Crippen LogP contribution in [-0.2, 0) is 16.0 Å². The number of imide groups is 1. The summed E-state index contributed by atoms with van der Waals surface area (Å²) in [5, 5.41) is 2.24. The van der Waals surface area contributed by atoms with Gasteiger partial charge in [-0.25, -0.2) is 0 Å². The Kier molecular flexibility index (Phi) is 2.68. The SMILES string of the molecule is C=CCc1ccccc1C1=CC(=O)NC1=O. The van der Waals surface area contributed by atoms with Crippen molar-refractivity contribution >= 4 is 17.4 Å². The zero-order valence-electron chi connectivity index (χ0n) is 8.69. The number of carbonyl (C=O) groups excluding carboxylic acids is 2. The summed E-state index contributed by atoms with van der Waals surface area (Å²) in [6.45, 7) is 3.67. The maximum absolute atomic E-state index is 11.5. The van der Waals surface area contributed by atoms with Crippen molar-refractivity contribution in [3.05, 3.63) is 54.1 Å². The Morgan fingerprint density at radius 1 is 1.25 bits per heavy atom. The van der Waals surface area contributed by atoms with Crippen LogP contribution in [0.15, 0.2) is 43.0 Å². The second kappa shape index (κ2) is 4.14. The first-order valence-corrected chi connectivity index (χ1v) is 4.98. The number of carbonyl (C=O) groups is 2. The van der Waals surface area contributed by atoms with Crippen LogP contribution in [0.1, 0.15) is 11.1 Å². The van der Waals surface area contributed by atoms with Gasteiger partial charge >= 0.3 is 0 Å². The van der Waals surface area contributed by atoms with E-state index < -0.39 is 0 Å². The zero-order chi connectivity index (χ0) is 11.5. The molecule has 1 heterocycles. The number of hydrogen-bond acceptors (Lipinski definition) is 2. The maximum atomic E-state index is 11.5. The summed E-state index contributed by atoms with van der Waals surface area (Å²) in [6, 6.07) is 7.51. The molecule has 0 atom stereocenters. The molecule has 0 aliphatic carbocycles. The van der Waals surface area contributed by atoms with Gasteiger partial charge in [-0.3, -0.25) is 14.9 Å². The molecule has 1 aromatic rings. The minimum absolute atomic E-state index is 0.332. The fourth-order valence-electron chi connectivity index (χ4n) is 1.73. The van der Waals surface area contributed by atoms with E-state index in [0.717, 1.165) is 11.1 Å². The van der Waals surface area contributed by atoms with Crippen LogP contribution >= 0.6 is 0 Å². The molecule has 0 fully saturated rings. The number of benzene rings is 1. The van der Waals surface area contributed by atoms with Gasteiger partial charge in [0.15, 0.2) is 0 Å². The summed E-state index contributed by atoms with van der Waals surface area (Å²) in [4.78, 5) is 22.6. The van der Waals surface area contributed by atoms with Crippen molar-refractivity contribution in [1.82, 2.24) is 5.32 Å². The lowest BCUT2D eigenvalue weighted by Gasteiger charge is -2.06. The molecule has 1 aliphatic heterocycles. The minimum Gasteiger partial charge on any atom is -0.289 e. The quantitative estimate of drug-likeness (QED) is 0.610. The first-order chi connectivity index (χ1) is 7.72. The van der Waals surface area contributed by atoms with E-state index in [1.54, 1.807) is 6.08 Å². The van der Waals surface area contributed by atoms with Gasteiger partial charge in [0, 0.05) is 6.08 Å². The van der Waals surface area contributed by atoms with E-state index in [1.165, 1.54) is 6.08 Å². The summed E-state index contributed by atoms with van der Waals surface area (Å²) in [7, 11) is 0. The van der Waals surface area contributed by atoms with E-state index in [1.807, 2.05) is 24.3 Å². The van der Waals surface area contributed by atoms with E-state index in [-0.39, 0.29) is 11.8 Å². The van der Waals surface area contributed by atoms with Crippen molar-refractivity contribution in [2.24, 2.45) is 0 Å². The van der Waals surface area contributed by atoms with Crippen molar-refractivity contribution in [3.63, 3.8) is 0 Å². The Morgan fingerprint density at radius 2 is 2.00 bits per heavy atom. The third-order valence-electron chi connectivity index (χ3n) is 2.43. The third-order valence-corrected chi connectivity index (χ3v) is 2.43. The molecule has 3 heteroatoms. The van der Waals surface area contributed by atoms with Crippen molar-refractivity contribution < 1.29 is 9.59 Å². The van der Waals surface area contributed by atoms with Crippen molar-refractivity contribution in [2.45, 2.75) is 6.42 Å². The lowest BCUT2D eigenvalue weighted by atomic mass is 9.98. The second-order valence-electron chi connectivity index (χ2n) is 3.53. The fraction of sp³-hybridized carbons (Fsp3) is 0.0769. The predicted molar refractivity (Wildman–Crippen MR) is 61.5 cm³/mol. The largest absolute Gasteiger partial charge is 0.289 e. The molecule has 1 aromatic carbocycles. The summed E-state index contributed by atoms with van der Waals surface area (Å²) < 4.78 is 0. The Bertz CT molecular complexity index is 500. The average Bonchev–Trinajstić information content (AvgIpc) is 2.59. The van der Waals surface area contributed by atoms with Crippen LogP contribution in [0, 0.1) is 0 Å². The maximum Gasteiger partial charge on any atom is 0.258 e. The van der Waals surface area contributed by atoms with Crippen LogP contribution < -0.4 is 5.32 Å². The average molecular weight is 213 g/mol. The highest BCUT2D eigenvalue weighted by Gasteiger charge is 2.23. The van der Waals surface area contributed by atoms with Gasteiger partial charge in [0.25, 0.3) is 11.8 Å². The third kappa shape index (κ3) is 1.80. The molecular weight excluding hydrogens is 202 g/mol. The summed E-state index contributed by atoms with van der Waals surface area (Å²) in [5.74, 6) is -0.685. The van der Waals surface area contributed by atoms with Crippen LogP contribution in [0.25, 0.3) is 5.57 Å². The topological polar surface area (TPSA) is 46.2 Å². The summed E-state index contributed by atoms with van der Waals surface area (Å²) in [5.41, 5.74) is 2.22. The van der Waals surface area contributed by atoms with Crippen LogP contribution in [0.3, 0.4) is 0 Å². The fourth-order valence-corrected chi connectivity index (χ4v) is 1.73. The van der Waals surface area contributed by atoms with Crippen molar-refractivity contribution in [2.75, 3.05) is 0 Å². The van der Waals surface area contributed by atoms with Gasteiger partial charge in [0.1, 0.15) is 0 Å². The highest BCUT2D eigenvalue weighted by Crippen LogP contribution is 2.22. The Hall–Kier alpha value is -2.16. The molecule has 0 radical (unpaired) electrons. The van der Waals surface area contributed by atoms with Gasteiger partial charge in [-0.2, -0.15) is 0 Å². The van der Waals surface area contributed by atoms with E-state index in [2.05, 4.69) is 11.9 Å². The zero-order valence-corrected chi connectivity index (χ0v) is 8.69. The van der Waals surface area contributed by atoms with Crippen LogP contribution in [0.2, 0.25) is 0 Å². The van der Waals surface area contributed by atoms with E-state index in [0.29, 0.717) is 12.0 Å². The monoisotopic (exact) mass is 213 g/mol. The molecule has 0 aromatic heterocycles. The molecular formula is C13H11NO2. The lowest BCUT2D eigenvalue weighted by molar-refractivity contribution is -0.123. The van der Waals surface area contributed by atoms with Crippen LogP contribution in [-0.4, -0.2) is 11.8 Å². The summed E-state index contributed by atoms with van der Waals surface area (Å²) >= 11 is 0. The highest BCUT2D eigenvalue weighted by molar-refractivity contribution is 6.33. The standard InChI is InChI=1S/C13H11NO2/c1-2-5-9-6-3-4-7-10(9)11-8-12(15)14-13(11)16/h2-4,6-8H,1,5H2,(H,14,15,16). The molecule has 0 saturated heterocycles. The molecule has 1 aliphatic rings. The lowest BCUT2D eigenvalue weighted by Crippen LogP contribution is -2.22. The number of hydrogen-bond donors (Lipinski definition) is 1. The Balaban J connectivity index is 2.47. The minimum atomic E-state index is -0.353. The second-order valence-corrected chi connectivity index (χ2v) is 3.53. The van der Waals surface area contributed by atoms with Gasteiger partial charge < -0.3 is 0 Å². The number of rotatable bonds is 3. The number of nitrogens with one attached hydrogen (secondary N) is 1. The normalized spacial score (nSPS) is 14.6. The van der Waals surface area contributed by atoms with E-state index in [4.69, 9.17) is 0 Å². The molecule has 2 rings (SSSR count). The van der Waals surface area contributed by atoms with Gasteiger partial charge in [0.05, 0.1) is 5.57 Å². The number of amides is 2. The molecule has 16 heavy (non-hydrogen) atoms. The molecule has 2 amide bonds. The molecule has 3 nitrogen and oxygen atoms in total. The predicted octanol–water partition coefficient (Wildman–Crippen LogP) is 1.45. The molecule has 0 bridgehead atoms. The molecule has 1 N–H and O–H groups in total. The first-order valence-electron chi connectivity index (χ1n) is 4.98. The van der Waals surface area contributed by atoms with Gasteiger partial charge in [-0.1, -0.05) is 30.3 Å². The van der Waals surface area contributed by atoms with Crippen molar-refractivity contribution in [3.8, 4) is 0 Å². The highest BCUT2D eigenvalue weighted by atomic mass is 16.2. The Morgan fingerprint density at radius 3 is 2.62 bits per heavy atom. The first kappa shape index (κ1) is 10.4.